The maximum absolute atomic E-state index is 5.81. The Hall–Kier alpha value is -0.940. The summed E-state index contributed by atoms with van der Waals surface area (Å²) < 4.78 is 11.1. The molecule has 2 aliphatic heterocycles. The molecule has 3 rings (SSSR count). The van der Waals surface area contributed by atoms with Crippen molar-refractivity contribution in [2.24, 2.45) is 4.99 Å². The van der Waals surface area contributed by atoms with Crippen LogP contribution in [-0.4, -0.2) is 94.0 Å². The van der Waals surface area contributed by atoms with Gasteiger partial charge in [0.15, 0.2) is 5.96 Å². The molecule has 1 atom stereocenters. The standard InChI is InChI=1S/C24H41N5O2.HI/c1-2-25-24(27-12-7-18-31-23-10-19-30-21-23)26-11-6-13-28-14-16-29(17-15-28)20-22-8-4-3-5-9-22;/h3-5,8-9,23H,2,6-7,10-21H2,1H3,(H2,25,26,27);1H. The van der Waals surface area contributed by atoms with Crippen molar-refractivity contribution in [1.82, 2.24) is 20.4 Å². The summed E-state index contributed by atoms with van der Waals surface area (Å²) in [5.41, 5.74) is 1.41. The zero-order valence-electron chi connectivity index (χ0n) is 19.6. The van der Waals surface area contributed by atoms with Crippen LogP contribution in [0, 0.1) is 0 Å². The average molecular weight is 560 g/mol. The molecule has 0 spiro atoms. The SMILES string of the molecule is CCNC(=NCCCOC1CCOC1)NCCCN1CCN(Cc2ccccc2)CC1.I. The number of rotatable bonds is 12. The van der Waals surface area contributed by atoms with Crippen LogP contribution < -0.4 is 10.6 Å². The Morgan fingerprint density at radius 1 is 1.09 bits per heavy atom. The predicted molar refractivity (Wildman–Crippen MR) is 142 cm³/mol. The third-order valence-corrected chi connectivity index (χ3v) is 5.82. The number of guanidine groups is 1. The van der Waals surface area contributed by atoms with E-state index in [1.54, 1.807) is 0 Å². The smallest absolute Gasteiger partial charge is 0.191 e. The van der Waals surface area contributed by atoms with Crippen molar-refractivity contribution < 1.29 is 9.47 Å². The zero-order valence-corrected chi connectivity index (χ0v) is 22.0. The van der Waals surface area contributed by atoms with Gasteiger partial charge in [0.1, 0.15) is 0 Å². The van der Waals surface area contributed by atoms with E-state index in [1.165, 1.54) is 5.56 Å². The quantitative estimate of drug-likeness (QED) is 0.178. The molecule has 1 aromatic rings. The lowest BCUT2D eigenvalue weighted by atomic mass is 10.2. The van der Waals surface area contributed by atoms with E-state index in [0.717, 1.165) is 104 Å². The molecule has 2 fully saturated rings. The largest absolute Gasteiger partial charge is 0.379 e. The number of halogens is 1. The molecule has 0 aliphatic carbocycles. The molecule has 2 aliphatic rings. The summed E-state index contributed by atoms with van der Waals surface area (Å²) in [6.07, 6.45) is 3.39. The second-order valence-corrected chi connectivity index (χ2v) is 8.35. The fourth-order valence-electron chi connectivity index (χ4n) is 4.01. The third-order valence-electron chi connectivity index (χ3n) is 5.82. The lowest BCUT2D eigenvalue weighted by molar-refractivity contribution is 0.0424. The van der Waals surface area contributed by atoms with Crippen LogP contribution in [0.15, 0.2) is 35.3 Å². The van der Waals surface area contributed by atoms with E-state index < -0.39 is 0 Å². The molecule has 2 saturated heterocycles. The van der Waals surface area contributed by atoms with Gasteiger partial charge < -0.3 is 25.0 Å². The molecule has 2 heterocycles. The summed E-state index contributed by atoms with van der Waals surface area (Å²) in [5.74, 6) is 0.916. The average Bonchev–Trinajstić information content (AvgIpc) is 3.32. The van der Waals surface area contributed by atoms with E-state index in [9.17, 15) is 0 Å². The lowest BCUT2D eigenvalue weighted by Gasteiger charge is -2.34. The van der Waals surface area contributed by atoms with Gasteiger partial charge in [0.05, 0.1) is 12.7 Å². The highest BCUT2D eigenvalue weighted by Crippen LogP contribution is 2.09. The molecule has 1 aromatic carbocycles. The minimum absolute atomic E-state index is 0. The van der Waals surface area contributed by atoms with Crippen molar-refractivity contribution in [3.8, 4) is 0 Å². The highest BCUT2D eigenvalue weighted by atomic mass is 127. The van der Waals surface area contributed by atoms with E-state index in [4.69, 9.17) is 9.47 Å². The molecule has 32 heavy (non-hydrogen) atoms. The van der Waals surface area contributed by atoms with Crippen molar-refractivity contribution in [3.63, 3.8) is 0 Å². The number of ether oxygens (including phenoxy) is 2. The summed E-state index contributed by atoms with van der Waals surface area (Å²) in [6.45, 7) is 13.9. The molecular weight excluding hydrogens is 517 g/mol. The van der Waals surface area contributed by atoms with Crippen molar-refractivity contribution in [2.75, 3.05) is 72.2 Å². The minimum atomic E-state index is 0. The number of nitrogens with one attached hydrogen (secondary N) is 2. The number of aliphatic imine (C=N–C) groups is 1. The summed E-state index contributed by atoms with van der Waals surface area (Å²) in [7, 11) is 0. The molecule has 0 amide bonds. The first-order chi connectivity index (χ1) is 15.3. The Labute approximate surface area is 211 Å². The van der Waals surface area contributed by atoms with Crippen LogP contribution in [0.3, 0.4) is 0 Å². The normalized spacial score (nSPS) is 20.2. The Bertz CT molecular complexity index is 620. The van der Waals surface area contributed by atoms with Gasteiger partial charge in [-0.3, -0.25) is 9.89 Å². The van der Waals surface area contributed by atoms with Crippen LogP contribution in [0.5, 0.6) is 0 Å². The number of nitrogens with zero attached hydrogens (tertiary/aromatic N) is 3. The van der Waals surface area contributed by atoms with E-state index in [1.807, 2.05) is 0 Å². The molecule has 1 unspecified atom stereocenters. The highest BCUT2D eigenvalue weighted by Gasteiger charge is 2.17. The molecule has 0 saturated carbocycles. The van der Waals surface area contributed by atoms with E-state index in [-0.39, 0.29) is 30.1 Å². The number of benzene rings is 1. The lowest BCUT2D eigenvalue weighted by Crippen LogP contribution is -2.46. The van der Waals surface area contributed by atoms with Crippen LogP contribution in [0.2, 0.25) is 0 Å². The van der Waals surface area contributed by atoms with Crippen LogP contribution in [0.1, 0.15) is 31.7 Å². The van der Waals surface area contributed by atoms with Crippen molar-refractivity contribution >= 4 is 29.9 Å². The molecule has 0 bridgehead atoms. The fourth-order valence-corrected chi connectivity index (χ4v) is 4.01. The van der Waals surface area contributed by atoms with Crippen LogP contribution in [0.25, 0.3) is 0 Å². The Balaban J connectivity index is 0.00000363. The first kappa shape index (κ1) is 27.3. The molecular formula is C24H42IN5O2. The molecule has 0 aromatic heterocycles. The summed E-state index contributed by atoms with van der Waals surface area (Å²) in [6, 6.07) is 10.8. The highest BCUT2D eigenvalue weighted by molar-refractivity contribution is 14.0. The molecule has 2 N–H and O–H groups in total. The van der Waals surface area contributed by atoms with Gasteiger partial charge in [0.2, 0.25) is 0 Å². The van der Waals surface area contributed by atoms with E-state index >= 15 is 0 Å². The van der Waals surface area contributed by atoms with E-state index in [2.05, 4.69) is 62.7 Å². The maximum Gasteiger partial charge on any atom is 0.191 e. The van der Waals surface area contributed by atoms with Gasteiger partial charge in [-0.25, -0.2) is 0 Å². The summed E-state index contributed by atoms with van der Waals surface area (Å²) in [5, 5.41) is 6.81. The molecule has 182 valence electrons. The van der Waals surface area contributed by atoms with Crippen molar-refractivity contribution in [2.45, 2.75) is 38.8 Å². The van der Waals surface area contributed by atoms with Gasteiger partial charge in [-0.15, -0.1) is 24.0 Å². The Kier molecular flexibility index (Phi) is 14.2. The van der Waals surface area contributed by atoms with Crippen LogP contribution in [0.4, 0.5) is 0 Å². The number of piperazine rings is 1. The molecule has 7 nitrogen and oxygen atoms in total. The third kappa shape index (κ3) is 10.8. The Morgan fingerprint density at radius 2 is 1.88 bits per heavy atom. The fraction of sp³-hybridized carbons (Fsp3) is 0.708. The maximum atomic E-state index is 5.81. The van der Waals surface area contributed by atoms with Gasteiger partial charge in [0.25, 0.3) is 0 Å². The van der Waals surface area contributed by atoms with Crippen molar-refractivity contribution in [3.05, 3.63) is 35.9 Å². The van der Waals surface area contributed by atoms with Gasteiger partial charge in [-0.2, -0.15) is 0 Å². The van der Waals surface area contributed by atoms with Gasteiger partial charge in [0, 0.05) is 65.6 Å². The van der Waals surface area contributed by atoms with Gasteiger partial charge >= 0.3 is 0 Å². The molecule has 8 heteroatoms. The number of hydrogen-bond acceptors (Lipinski definition) is 5. The number of hydrogen-bond donors (Lipinski definition) is 2. The first-order valence-corrected chi connectivity index (χ1v) is 12.0. The van der Waals surface area contributed by atoms with Gasteiger partial charge in [-0.1, -0.05) is 30.3 Å². The first-order valence-electron chi connectivity index (χ1n) is 12.0. The second kappa shape index (κ2) is 16.6. The predicted octanol–water partition coefficient (Wildman–Crippen LogP) is 2.56. The monoisotopic (exact) mass is 559 g/mol. The topological polar surface area (TPSA) is 61.4 Å². The summed E-state index contributed by atoms with van der Waals surface area (Å²) >= 11 is 0. The van der Waals surface area contributed by atoms with Crippen LogP contribution >= 0.6 is 24.0 Å². The van der Waals surface area contributed by atoms with E-state index in [0.29, 0.717) is 0 Å². The molecule has 0 radical (unpaired) electrons. The van der Waals surface area contributed by atoms with Crippen LogP contribution in [-0.2, 0) is 16.0 Å². The van der Waals surface area contributed by atoms with Crippen molar-refractivity contribution in [1.29, 1.82) is 0 Å². The zero-order chi connectivity index (χ0) is 21.6. The minimum Gasteiger partial charge on any atom is -0.379 e. The second-order valence-electron chi connectivity index (χ2n) is 8.35. The van der Waals surface area contributed by atoms with Gasteiger partial charge in [-0.05, 0) is 38.3 Å². The summed E-state index contributed by atoms with van der Waals surface area (Å²) in [4.78, 5) is 9.81. The Morgan fingerprint density at radius 3 is 2.59 bits per heavy atom.